The minimum atomic E-state index is -4.76. The van der Waals surface area contributed by atoms with Gasteiger partial charge in [0.25, 0.3) is 10.0 Å². The van der Waals surface area contributed by atoms with E-state index in [-0.39, 0.29) is 39.6 Å². The molecule has 1 N–H and O–H groups in total. The number of carbonyl (C=O) groups is 2. The molecule has 0 aliphatic carbocycles. The molecule has 0 saturated carbocycles. The number of alkyl halides is 3. The van der Waals surface area contributed by atoms with Gasteiger partial charge in [-0.2, -0.15) is 13.2 Å². The summed E-state index contributed by atoms with van der Waals surface area (Å²) in [5, 5.41) is 3.33. The Labute approximate surface area is 259 Å². The van der Waals surface area contributed by atoms with Crippen LogP contribution in [0.4, 0.5) is 18.9 Å². The first kappa shape index (κ1) is 34.2. The van der Waals surface area contributed by atoms with Crippen molar-refractivity contribution in [3.05, 3.63) is 94.0 Å². The Balaban J connectivity index is 2.12. The second-order valence-corrected chi connectivity index (χ2v) is 12.6. The highest BCUT2D eigenvalue weighted by Gasteiger charge is 2.36. The zero-order valence-electron chi connectivity index (χ0n) is 23.7. The van der Waals surface area contributed by atoms with Gasteiger partial charge in [0.2, 0.25) is 11.8 Å². The van der Waals surface area contributed by atoms with Crippen molar-refractivity contribution in [2.75, 3.05) is 10.8 Å². The Bertz CT molecular complexity index is 1540. The molecule has 0 saturated heterocycles. The van der Waals surface area contributed by atoms with Crippen molar-refractivity contribution in [3.8, 4) is 0 Å². The standard InChI is InChI=1S/C30H32Cl2F3N3O4S/c1-4-20(3)36-29(40)27(5-2)37(18-21-14-15-25(31)26(32)16-21)28(39)19-38(43(41,42)24-12-7-6-8-13-24)23-11-9-10-22(17-23)30(33,34)35/h6-17,20,27H,4-5,18-19H2,1-3H3,(H,36,40)/t20-,27-/m1/s1. The Morgan fingerprint density at radius 3 is 2.16 bits per heavy atom. The summed E-state index contributed by atoms with van der Waals surface area (Å²) in [6, 6.07) is 14.2. The second kappa shape index (κ2) is 14.5. The van der Waals surface area contributed by atoms with Crippen LogP contribution in [0.5, 0.6) is 0 Å². The smallest absolute Gasteiger partial charge is 0.352 e. The average molecular weight is 659 g/mol. The molecule has 0 aliphatic heterocycles. The largest absolute Gasteiger partial charge is 0.416 e. The summed E-state index contributed by atoms with van der Waals surface area (Å²) in [5.41, 5.74) is -0.939. The van der Waals surface area contributed by atoms with Crippen molar-refractivity contribution in [3.63, 3.8) is 0 Å². The van der Waals surface area contributed by atoms with Crippen LogP contribution in [0.25, 0.3) is 0 Å². The van der Waals surface area contributed by atoms with Gasteiger partial charge in [-0.3, -0.25) is 13.9 Å². The van der Waals surface area contributed by atoms with Gasteiger partial charge in [0.1, 0.15) is 12.6 Å². The molecule has 43 heavy (non-hydrogen) atoms. The van der Waals surface area contributed by atoms with E-state index >= 15 is 0 Å². The van der Waals surface area contributed by atoms with Crippen molar-refractivity contribution >= 4 is 50.7 Å². The van der Waals surface area contributed by atoms with Crippen LogP contribution in [0.1, 0.15) is 44.7 Å². The van der Waals surface area contributed by atoms with Gasteiger partial charge in [0.05, 0.1) is 26.2 Å². The van der Waals surface area contributed by atoms with E-state index in [0.29, 0.717) is 22.4 Å². The lowest BCUT2D eigenvalue weighted by atomic mass is 10.1. The van der Waals surface area contributed by atoms with E-state index in [9.17, 15) is 31.2 Å². The Kier molecular flexibility index (Phi) is 11.5. The van der Waals surface area contributed by atoms with E-state index in [0.717, 1.165) is 12.1 Å². The summed E-state index contributed by atoms with van der Waals surface area (Å²) < 4.78 is 69.1. The van der Waals surface area contributed by atoms with Crippen molar-refractivity contribution < 1.29 is 31.2 Å². The van der Waals surface area contributed by atoms with Crippen LogP contribution < -0.4 is 9.62 Å². The maximum atomic E-state index is 14.1. The number of halogens is 5. The SMILES string of the molecule is CC[C@@H](C)NC(=O)[C@@H](CC)N(Cc1ccc(Cl)c(Cl)c1)C(=O)CN(c1cccc(C(F)(F)F)c1)S(=O)(=O)c1ccccc1. The lowest BCUT2D eigenvalue weighted by Crippen LogP contribution is -2.53. The molecular weight excluding hydrogens is 626 g/mol. The number of carbonyl (C=O) groups excluding carboxylic acids is 2. The van der Waals surface area contributed by atoms with Crippen LogP contribution in [0.15, 0.2) is 77.7 Å². The van der Waals surface area contributed by atoms with Gasteiger partial charge >= 0.3 is 6.18 Å². The third kappa shape index (κ3) is 8.64. The molecular formula is C30H32Cl2F3N3O4S. The van der Waals surface area contributed by atoms with Crippen molar-refractivity contribution in [1.82, 2.24) is 10.2 Å². The molecule has 0 fully saturated rings. The van der Waals surface area contributed by atoms with Crippen LogP contribution in [0.2, 0.25) is 10.0 Å². The highest BCUT2D eigenvalue weighted by atomic mass is 35.5. The number of hydrogen-bond donors (Lipinski definition) is 1. The molecule has 3 rings (SSSR count). The summed E-state index contributed by atoms with van der Waals surface area (Å²) in [4.78, 5) is 28.4. The minimum Gasteiger partial charge on any atom is -0.352 e. The Morgan fingerprint density at radius 2 is 1.58 bits per heavy atom. The third-order valence-electron chi connectivity index (χ3n) is 6.80. The first-order valence-electron chi connectivity index (χ1n) is 13.5. The molecule has 3 aromatic rings. The number of nitrogens with zero attached hydrogens (tertiary/aromatic N) is 2. The van der Waals surface area contributed by atoms with Crippen molar-refractivity contribution in [2.45, 2.75) is 63.3 Å². The van der Waals surface area contributed by atoms with Crippen LogP contribution in [-0.2, 0) is 32.3 Å². The molecule has 2 amide bonds. The lowest BCUT2D eigenvalue weighted by molar-refractivity contribution is -0.140. The maximum absolute atomic E-state index is 14.1. The van der Waals surface area contributed by atoms with Crippen molar-refractivity contribution in [1.29, 1.82) is 0 Å². The highest BCUT2D eigenvalue weighted by molar-refractivity contribution is 7.92. The monoisotopic (exact) mass is 657 g/mol. The van der Waals surface area contributed by atoms with Crippen molar-refractivity contribution in [2.24, 2.45) is 0 Å². The first-order chi connectivity index (χ1) is 20.2. The van der Waals surface area contributed by atoms with E-state index in [1.165, 1.54) is 47.4 Å². The molecule has 7 nitrogen and oxygen atoms in total. The van der Waals surface area contributed by atoms with Gasteiger partial charge in [-0.25, -0.2) is 8.42 Å². The molecule has 2 atom stereocenters. The highest BCUT2D eigenvalue weighted by Crippen LogP contribution is 2.33. The van der Waals surface area contributed by atoms with E-state index in [2.05, 4.69) is 5.32 Å². The van der Waals surface area contributed by atoms with Crippen LogP contribution in [0.3, 0.4) is 0 Å². The second-order valence-electron chi connectivity index (χ2n) is 9.88. The first-order valence-corrected chi connectivity index (χ1v) is 15.7. The number of sulfonamides is 1. The van der Waals surface area contributed by atoms with Crippen LogP contribution in [-0.4, -0.2) is 43.8 Å². The van der Waals surface area contributed by atoms with Gasteiger partial charge in [-0.05, 0) is 67.8 Å². The topological polar surface area (TPSA) is 86.8 Å². The molecule has 232 valence electrons. The zero-order chi connectivity index (χ0) is 31.9. The van der Waals surface area contributed by atoms with Crippen LogP contribution in [0, 0.1) is 0 Å². The van der Waals surface area contributed by atoms with Gasteiger partial charge < -0.3 is 10.2 Å². The number of anilines is 1. The molecule has 0 bridgehead atoms. The fourth-order valence-corrected chi connectivity index (χ4v) is 6.03. The Hall–Kier alpha value is -3.28. The number of benzene rings is 3. The molecule has 0 unspecified atom stereocenters. The van der Waals surface area contributed by atoms with Gasteiger partial charge in [-0.15, -0.1) is 0 Å². The predicted octanol–water partition coefficient (Wildman–Crippen LogP) is 6.93. The maximum Gasteiger partial charge on any atom is 0.416 e. The molecule has 0 spiro atoms. The minimum absolute atomic E-state index is 0.149. The number of hydrogen-bond acceptors (Lipinski definition) is 4. The summed E-state index contributed by atoms with van der Waals surface area (Å²) >= 11 is 12.2. The fraction of sp³-hybridized carbons (Fsp3) is 0.333. The molecule has 0 radical (unpaired) electrons. The average Bonchev–Trinajstić information content (AvgIpc) is 2.97. The van der Waals surface area contributed by atoms with E-state index in [4.69, 9.17) is 23.2 Å². The normalized spacial score (nSPS) is 13.2. The predicted molar refractivity (Wildman–Crippen MR) is 161 cm³/mol. The molecule has 3 aromatic carbocycles. The zero-order valence-corrected chi connectivity index (χ0v) is 26.1. The fourth-order valence-electron chi connectivity index (χ4n) is 4.28. The Morgan fingerprint density at radius 1 is 0.907 bits per heavy atom. The third-order valence-corrected chi connectivity index (χ3v) is 9.32. The van der Waals surface area contributed by atoms with Gasteiger partial charge in [-0.1, -0.05) is 67.4 Å². The molecule has 0 aromatic heterocycles. The van der Waals surface area contributed by atoms with E-state index in [1.54, 1.807) is 26.0 Å². The van der Waals surface area contributed by atoms with E-state index in [1.807, 2.05) is 6.92 Å². The summed E-state index contributed by atoms with van der Waals surface area (Å²) in [7, 11) is -4.53. The van der Waals surface area contributed by atoms with Crippen LogP contribution >= 0.6 is 23.2 Å². The van der Waals surface area contributed by atoms with Gasteiger partial charge in [0, 0.05) is 12.6 Å². The quantitative estimate of drug-likeness (QED) is 0.229. The molecule has 0 aliphatic rings. The molecule has 0 heterocycles. The summed E-state index contributed by atoms with van der Waals surface area (Å²) in [6.45, 7) is 4.35. The number of nitrogens with one attached hydrogen (secondary N) is 1. The number of rotatable bonds is 12. The summed E-state index contributed by atoms with van der Waals surface area (Å²) in [6.07, 6.45) is -3.96. The molecule has 13 heteroatoms. The lowest BCUT2D eigenvalue weighted by Gasteiger charge is -2.34. The van der Waals surface area contributed by atoms with E-state index < -0.39 is 46.2 Å². The van der Waals surface area contributed by atoms with Gasteiger partial charge in [0.15, 0.2) is 0 Å². The number of amides is 2. The summed E-state index contributed by atoms with van der Waals surface area (Å²) in [5.74, 6) is -1.27.